The number of carbonyl (C=O) groups excluding carboxylic acids is 1. The van der Waals surface area contributed by atoms with Crippen molar-refractivity contribution in [2.24, 2.45) is 0 Å². The summed E-state index contributed by atoms with van der Waals surface area (Å²) in [6, 6.07) is -0.684. The van der Waals surface area contributed by atoms with Crippen molar-refractivity contribution in [1.82, 2.24) is 15.4 Å². The van der Waals surface area contributed by atoms with E-state index in [2.05, 4.69) is 15.4 Å². The van der Waals surface area contributed by atoms with Crippen LogP contribution in [-0.4, -0.2) is 49.4 Å². The largest absolute Gasteiger partial charge is 0.480 e. The molecule has 4 N–H and O–H groups in total. The van der Waals surface area contributed by atoms with Crippen molar-refractivity contribution in [3.05, 3.63) is 0 Å². The van der Waals surface area contributed by atoms with E-state index in [1.54, 1.807) is 13.8 Å². The fraction of sp³-hybridized carbons (Fsp3) is 0.800. The van der Waals surface area contributed by atoms with Crippen LogP contribution in [0.4, 0.5) is 4.79 Å². The highest BCUT2D eigenvalue weighted by atomic mass is 32.2. The topological polar surface area (TPSA) is 125 Å². The first-order valence-electron chi connectivity index (χ1n) is 5.53. The Kier molecular flexibility index (Phi) is 5.33. The molecule has 0 atom stereocenters. The Morgan fingerprint density at radius 2 is 1.63 bits per heavy atom. The van der Waals surface area contributed by atoms with Crippen LogP contribution in [-0.2, 0) is 14.8 Å². The summed E-state index contributed by atoms with van der Waals surface area (Å²) >= 11 is 0. The van der Waals surface area contributed by atoms with Gasteiger partial charge in [0.15, 0.2) is 0 Å². The van der Waals surface area contributed by atoms with Crippen molar-refractivity contribution in [3.8, 4) is 0 Å². The molecule has 0 aliphatic heterocycles. The highest BCUT2D eigenvalue weighted by Gasteiger charge is 2.30. The number of rotatable bonds is 6. The molecule has 0 saturated carbocycles. The fourth-order valence-corrected chi connectivity index (χ4v) is 2.30. The van der Waals surface area contributed by atoms with E-state index in [0.29, 0.717) is 0 Å². The van der Waals surface area contributed by atoms with Gasteiger partial charge in [-0.25, -0.2) is 22.7 Å². The predicted molar refractivity (Wildman–Crippen MR) is 70.3 cm³/mol. The van der Waals surface area contributed by atoms with Crippen LogP contribution >= 0.6 is 0 Å². The molecule has 0 aromatic carbocycles. The third kappa shape index (κ3) is 7.62. The molecule has 112 valence electrons. The van der Waals surface area contributed by atoms with E-state index in [-0.39, 0.29) is 6.54 Å². The van der Waals surface area contributed by atoms with Crippen LogP contribution in [0.15, 0.2) is 0 Å². The van der Waals surface area contributed by atoms with E-state index in [9.17, 15) is 18.0 Å². The van der Waals surface area contributed by atoms with Crippen LogP contribution in [0.25, 0.3) is 0 Å². The molecule has 0 aliphatic carbocycles. The Hall–Kier alpha value is -1.35. The van der Waals surface area contributed by atoms with Gasteiger partial charge in [0, 0.05) is 12.1 Å². The number of hydrogen-bond donors (Lipinski definition) is 4. The average molecular weight is 295 g/mol. The second-order valence-electron chi connectivity index (χ2n) is 5.50. The van der Waals surface area contributed by atoms with E-state index in [0.717, 1.165) is 6.26 Å². The first-order chi connectivity index (χ1) is 8.25. The summed E-state index contributed by atoms with van der Waals surface area (Å²) in [5.74, 6) is -1.17. The maximum absolute atomic E-state index is 11.5. The SMILES string of the molecule is CC(C)(CNC(=O)NC(C)(C)C(=O)O)NS(C)(=O)=O. The van der Waals surface area contributed by atoms with Gasteiger partial charge in [-0.2, -0.15) is 0 Å². The standard InChI is InChI=1S/C10H21N3O5S/c1-9(2,13-19(5,17)18)6-11-8(16)12-10(3,4)7(14)15/h13H,6H2,1-5H3,(H,14,15)(H2,11,12,16). The van der Waals surface area contributed by atoms with Crippen LogP contribution in [0.2, 0.25) is 0 Å². The Morgan fingerprint density at radius 1 is 1.16 bits per heavy atom. The van der Waals surface area contributed by atoms with Crippen molar-refractivity contribution in [2.45, 2.75) is 38.8 Å². The van der Waals surface area contributed by atoms with Gasteiger partial charge in [-0.05, 0) is 27.7 Å². The highest BCUT2D eigenvalue weighted by molar-refractivity contribution is 7.88. The van der Waals surface area contributed by atoms with Gasteiger partial charge in [0.2, 0.25) is 10.0 Å². The molecule has 0 aromatic heterocycles. The molecule has 0 aromatic rings. The quantitative estimate of drug-likeness (QED) is 0.524. The lowest BCUT2D eigenvalue weighted by molar-refractivity contribution is -0.142. The maximum Gasteiger partial charge on any atom is 0.328 e. The summed E-state index contributed by atoms with van der Waals surface area (Å²) in [5.41, 5.74) is -2.28. The molecule has 0 saturated heterocycles. The summed E-state index contributed by atoms with van der Waals surface area (Å²) in [7, 11) is -3.39. The summed E-state index contributed by atoms with van der Waals surface area (Å²) in [5, 5.41) is 13.5. The number of amides is 2. The summed E-state index contributed by atoms with van der Waals surface area (Å²) < 4.78 is 24.5. The molecule has 0 unspecified atom stereocenters. The normalized spacial score (nSPS) is 12.9. The summed E-state index contributed by atoms with van der Waals surface area (Å²) in [4.78, 5) is 22.3. The summed E-state index contributed by atoms with van der Waals surface area (Å²) in [6.45, 7) is 5.89. The van der Waals surface area contributed by atoms with E-state index < -0.39 is 33.1 Å². The maximum atomic E-state index is 11.5. The first kappa shape index (κ1) is 17.6. The Bertz CT molecular complexity index is 456. The Balaban J connectivity index is 4.42. The third-order valence-electron chi connectivity index (χ3n) is 2.11. The van der Waals surface area contributed by atoms with Crippen molar-refractivity contribution in [1.29, 1.82) is 0 Å². The van der Waals surface area contributed by atoms with Crippen molar-refractivity contribution < 1.29 is 23.1 Å². The number of nitrogens with one attached hydrogen (secondary N) is 3. The van der Waals surface area contributed by atoms with Crippen LogP contribution in [0.5, 0.6) is 0 Å². The van der Waals surface area contributed by atoms with Gasteiger partial charge in [0.1, 0.15) is 5.54 Å². The van der Waals surface area contributed by atoms with E-state index in [1.807, 2.05) is 0 Å². The number of urea groups is 1. The van der Waals surface area contributed by atoms with Gasteiger partial charge in [0.05, 0.1) is 6.26 Å². The van der Waals surface area contributed by atoms with Gasteiger partial charge >= 0.3 is 12.0 Å². The van der Waals surface area contributed by atoms with Crippen LogP contribution in [0.1, 0.15) is 27.7 Å². The Labute approximate surface area is 113 Å². The van der Waals surface area contributed by atoms with E-state index >= 15 is 0 Å². The molecular weight excluding hydrogens is 274 g/mol. The molecule has 8 nitrogen and oxygen atoms in total. The predicted octanol–water partition coefficient (Wildman–Crippen LogP) is -0.523. The number of carboxylic acids is 1. The third-order valence-corrected chi connectivity index (χ3v) is 3.04. The van der Waals surface area contributed by atoms with Gasteiger partial charge in [-0.3, -0.25) is 0 Å². The van der Waals surface area contributed by atoms with E-state index in [4.69, 9.17) is 5.11 Å². The second kappa shape index (κ2) is 5.74. The summed E-state index contributed by atoms with van der Waals surface area (Å²) in [6.07, 6.45) is 1.02. The fourth-order valence-electron chi connectivity index (χ4n) is 1.22. The molecule has 0 fully saturated rings. The van der Waals surface area contributed by atoms with Crippen molar-refractivity contribution >= 4 is 22.0 Å². The van der Waals surface area contributed by atoms with Crippen LogP contribution < -0.4 is 15.4 Å². The van der Waals surface area contributed by atoms with Crippen LogP contribution in [0.3, 0.4) is 0 Å². The molecule has 0 radical (unpaired) electrons. The average Bonchev–Trinajstić information content (AvgIpc) is 2.10. The van der Waals surface area contributed by atoms with E-state index in [1.165, 1.54) is 13.8 Å². The monoisotopic (exact) mass is 295 g/mol. The number of carboxylic acid groups (broad SMARTS) is 1. The smallest absolute Gasteiger partial charge is 0.328 e. The van der Waals surface area contributed by atoms with Gasteiger partial charge in [-0.1, -0.05) is 0 Å². The molecule has 0 aliphatic rings. The molecule has 2 amide bonds. The minimum absolute atomic E-state index is 0.0155. The molecule has 19 heavy (non-hydrogen) atoms. The van der Waals surface area contributed by atoms with Gasteiger partial charge in [0.25, 0.3) is 0 Å². The number of hydrogen-bond acceptors (Lipinski definition) is 4. The molecule has 0 heterocycles. The number of carbonyl (C=O) groups is 2. The lowest BCUT2D eigenvalue weighted by atomic mass is 10.1. The lowest BCUT2D eigenvalue weighted by Crippen LogP contribution is -2.57. The molecule has 0 bridgehead atoms. The van der Waals surface area contributed by atoms with Crippen molar-refractivity contribution in [2.75, 3.05) is 12.8 Å². The zero-order chi connectivity index (χ0) is 15.5. The first-order valence-corrected chi connectivity index (χ1v) is 7.43. The highest BCUT2D eigenvalue weighted by Crippen LogP contribution is 2.03. The minimum Gasteiger partial charge on any atom is -0.480 e. The molecule has 0 spiro atoms. The minimum atomic E-state index is -3.39. The number of aliphatic carboxylic acids is 1. The van der Waals surface area contributed by atoms with Gasteiger partial charge in [-0.15, -0.1) is 0 Å². The number of sulfonamides is 1. The second-order valence-corrected chi connectivity index (χ2v) is 7.24. The molecule has 9 heteroatoms. The molecule has 0 rings (SSSR count). The Morgan fingerprint density at radius 3 is 2.00 bits per heavy atom. The van der Waals surface area contributed by atoms with Gasteiger partial charge < -0.3 is 15.7 Å². The zero-order valence-electron chi connectivity index (χ0n) is 11.7. The molecular formula is C10H21N3O5S. The van der Waals surface area contributed by atoms with Crippen molar-refractivity contribution in [3.63, 3.8) is 0 Å². The zero-order valence-corrected chi connectivity index (χ0v) is 12.5. The van der Waals surface area contributed by atoms with Crippen LogP contribution in [0, 0.1) is 0 Å². The lowest BCUT2D eigenvalue weighted by Gasteiger charge is -2.27.